The number of halogens is 1. The minimum atomic E-state index is -0.581. The van der Waals surface area contributed by atoms with Crippen LogP contribution in [0.3, 0.4) is 0 Å². The second-order valence-electron chi connectivity index (χ2n) is 6.26. The highest BCUT2D eigenvalue weighted by Crippen LogP contribution is 2.28. The number of ether oxygens (including phenoxy) is 1. The Morgan fingerprint density at radius 2 is 2.00 bits per heavy atom. The van der Waals surface area contributed by atoms with Crippen molar-refractivity contribution < 1.29 is 13.9 Å². The highest BCUT2D eigenvalue weighted by atomic mass is 32.1. The maximum absolute atomic E-state index is 13.9. The molecule has 2 heterocycles. The van der Waals surface area contributed by atoms with Gasteiger partial charge in [0.1, 0.15) is 17.4 Å². The maximum atomic E-state index is 13.9. The average Bonchev–Trinajstić information content (AvgIpc) is 3.35. The second-order valence-corrected chi connectivity index (χ2v) is 7.10. The molecule has 0 bridgehead atoms. The Kier molecular flexibility index (Phi) is 5.09. The fraction of sp³-hybridized carbons (Fsp3) is 0.0952. The van der Waals surface area contributed by atoms with Crippen molar-refractivity contribution in [3.05, 3.63) is 77.1 Å². The summed E-state index contributed by atoms with van der Waals surface area (Å²) in [7, 11) is 1.61. The Balaban J connectivity index is 1.64. The first-order valence-corrected chi connectivity index (χ1v) is 9.66. The summed E-state index contributed by atoms with van der Waals surface area (Å²) in [5.74, 6) is 0.0308. The molecule has 0 saturated carbocycles. The number of anilines is 1. The number of carbonyl (C=O) groups is 1. The zero-order valence-corrected chi connectivity index (χ0v) is 16.5. The van der Waals surface area contributed by atoms with Gasteiger partial charge in [-0.2, -0.15) is 9.78 Å². The maximum Gasteiger partial charge on any atom is 0.259 e. The van der Waals surface area contributed by atoms with Crippen LogP contribution in [0.25, 0.3) is 16.4 Å². The number of nitrogens with one attached hydrogen (secondary N) is 1. The fourth-order valence-corrected chi connectivity index (χ4v) is 3.64. The van der Waals surface area contributed by atoms with Crippen molar-refractivity contribution in [2.45, 2.75) is 6.92 Å². The fourth-order valence-electron chi connectivity index (χ4n) is 2.84. The molecule has 0 fully saturated rings. The Morgan fingerprint density at radius 1 is 1.17 bits per heavy atom. The van der Waals surface area contributed by atoms with Crippen molar-refractivity contribution >= 4 is 23.1 Å². The molecular formula is C21H17FN4O2S. The van der Waals surface area contributed by atoms with E-state index in [9.17, 15) is 9.18 Å². The van der Waals surface area contributed by atoms with Gasteiger partial charge >= 0.3 is 0 Å². The molecule has 0 aliphatic carbocycles. The quantitative estimate of drug-likeness (QED) is 0.520. The Bertz CT molecular complexity index is 1180. The molecular weight excluding hydrogens is 391 g/mol. The molecule has 29 heavy (non-hydrogen) atoms. The minimum absolute atomic E-state index is 0.0332. The number of amides is 1. The number of aryl methyl sites for hydroxylation is 1. The Morgan fingerprint density at radius 3 is 2.79 bits per heavy atom. The molecule has 6 nitrogen and oxygen atoms in total. The van der Waals surface area contributed by atoms with Crippen LogP contribution in [0.2, 0.25) is 0 Å². The lowest BCUT2D eigenvalue weighted by molar-refractivity contribution is 0.102. The van der Waals surface area contributed by atoms with E-state index >= 15 is 0 Å². The number of thiazole rings is 1. The van der Waals surface area contributed by atoms with E-state index in [0.717, 1.165) is 17.0 Å². The number of hydrogen-bond acceptors (Lipinski definition) is 5. The van der Waals surface area contributed by atoms with E-state index in [1.807, 2.05) is 36.6 Å². The minimum Gasteiger partial charge on any atom is -0.497 e. The first-order valence-electron chi connectivity index (χ1n) is 8.78. The Labute approximate surface area is 170 Å². The molecule has 2 aromatic carbocycles. The number of benzene rings is 2. The predicted molar refractivity (Wildman–Crippen MR) is 110 cm³/mol. The van der Waals surface area contributed by atoms with E-state index < -0.39 is 11.7 Å². The van der Waals surface area contributed by atoms with Gasteiger partial charge in [-0.3, -0.25) is 4.79 Å². The molecule has 4 rings (SSSR count). The molecule has 0 spiro atoms. The van der Waals surface area contributed by atoms with E-state index in [1.165, 1.54) is 29.5 Å². The molecule has 0 saturated heterocycles. The van der Waals surface area contributed by atoms with Crippen molar-refractivity contribution in [3.8, 4) is 22.1 Å². The molecule has 2 aromatic heterocycles. The van der Waals surface area contributed by atoms with Gasteiger partial charge in [-0.1, -0.05) is 24.3 Å². The van der Waals surface area contributed by atoms with Gasteiger partial charge in [-0.15, -0.1) is 11.3 Å². The van der Waals surface area contributed by atoms with Gasteiger partial charge in [0.25, 0.3) is 5.91 Å². The van der Waals surface area contributed by atoms with Crippen LogP contribution < -0.4 is 10.1 Å². The van der Waals surface area contributed by atoms with Crippen molar-refractivity contribution in [1.82, 2.24) is 14.8 Å². The lowest BCUT2D eigenvalue weighted by atomic mass is 10.2. The highest BCUT2D eigenvalue weighted by molar-refractivity contribution is 7.12. The highest BCUT2D eigenvalue weighted by Gasteiger charge is 2.17. The standard InChI is InChI=1S/C21H17FN4O2S/c1-13-10-19(24-20(27)16-8-3-4-9-17(16)22)26(25-13)21-23-18(12-29-21)14-6-5-7-15(11-14)28-2/h3-12H,1-2H3,(H,24,27). The summed E-state index contributed by atoms with van der Waals surface area (Å²) in [6, 6.07) is 15.1. The molecule has 0 atom stereocenters. The van der Waals surface area contributed by atoms with Crippen LogP contribution in [-0.2, 0) is 0 Å². The Hall–Kier alpha value is -3.52. The van der Waals surface area contributed by atoms with Crippen LogP contribution in [-0.4, -0.2) is 27.8 Å². The van der Waals surface area contributed by atoms with Gasteiger partial charge in [0, 0.05) is 17.0 Å². The normalized spacial score (nSPS) is 10.7. The smallest absolute Gasteiger partial charge is 0.259 e. The van der Waals surface area contributed by atoms with Crippen molar-refractivity contribution in [2.24, 2.45) is 0 Å². The second kappa shape index (κ2) is 7.84. The summed E-state index contributed by atoms with van der Waals surface area (Å²) in [6.45, 7) is 1.81. The van der Waals surface area contributed by atoms with E-state index in [0.29, 0.717) is 16.6 Å². The predicted octanol–water partition coefficient (Wildman–Crippen LogP) is 4.70. The van der Waals surface area contributed by atoms with Crippen LogP contribution in [0.15, 0.2) is 60.0 Å². The number of aromatic nitrogens is 3. The largest absolute Gasteiger partial charge is 0.497 e. The molecule has 146 valence electrons. The molecule has 1 N–H and O–H groups in total. The van der Waals surface area contributed by atoms with E-state index in [2.05, 4.69) is 15.4 Å². The van der Waals surface area contributed by atoms with Gasteiger partial charge in [-0.05, 0) is 31.2 Å². The summed E-state index contributed by atoms with van der Waals surface area (Å²) in [6.07, 6.45) is 0. The zero-order valence-electron chi connectivity index (χ0n) is 15.7. The monoisotopic (exact) mass is 408 g/mol. The summed E-state index contributed by atoms with van der Waals surface area (Å²) < 4.78 is 20.7. The number of methoxy groups -OCH3 is 1. The lowest BCUT2D eigenvalue weighted by Gasteiger charge is -2.07. The van der Waals surface area contributed by atoms with E-state index in [4.69, 9.17) is 4.74 Å². The number of carbonyl (C=O) groups excluding carboxylic acids is 1. The molecule has 0 unspecified atom stereocenters. The number of nitrogens with zero attached hydrogens (tertiary/aromatic N) is 3. The zero-order chi connectivity index (χ0) is 20.4. The van der Waals surface area contributed by atoms with Crippen LogP contribution >= 0.6 is 11.3 Å². The first kappa shape index (κ1) is 18.8. The van der Waals surface area contributed by atoms with Crippen LogP contribution in [0.1, 0.15) is 16.1 Å². The van der Waals surface area contributed by atoms with Crippen LogP contribution in [0.4, 0.5) is 10.2 Å². The van der Waals surface area contributed by atoms with E-state index in [1.54, 1.807) is 23.9 Å². The van der Waals surface area contributed by atoms with Gasteiger partial charge < -0.3 is 10.1 Å². The van der Waals surface area contributed by atoms with Crippen molar-refractivity contribution in [1.29, 1.82) is 0 Å². The summed E-state index contributed by atoms with van der Waals surface area (Å²) >= 11 is 1.39. The summed E-state index contributed by atoms with van der Waals surface area (Å²) in [4.78, 5) is 17.1. The van der Waals surface area contributed by atoms with Crippen LogP contribution in [0.5, 0.6) is 5.75 Å². The molecule has 0 aliphatic rings. The van der Waals surface area contributed by atoms with Crippen molar-refractivity contribution in [2.75, 3.05) is 12.4 Å². The average molecular weight is 408 g/mol. The molecule has 8 heteroatoms. The lowest BCUT2D eigenvalue weighted by Crippen LogP contribution is -2.16. The topological polar surface area (TPSA) is 69.0 Å². The number of hydrogen-bond donors (Lipinski definition) is 1. The van der Waals surface area contributed by atoms with E-state index in [-0.39, 0.29) is 5.56 Å². The summed E-state index contributed by atoms with van der Waals surface area (Å²) in [5.41, 5.74) is 2.34. The van der Waals surface area contributed by atoms with Crippen molar-refractivity contribution in [3.63, 3.8) is 0 Å². The first-order chi connectivity index (χ1) is 14.0. The molecule has 0 radical (unpaired) electrons. The third-order valence-electron chi connectivity index (χ3n) is 4.23. The molecule has 4 aromatic rings. The third kappa shape index (κ3) is 3.88. The molecule has 0 aliphatic heterocycles. The van der Waals surface area contributed by atoms with Gasteiger partial charge in [-0.25, -0.2) is 9.37 Å². The SMILES string of the molecule is COc1cccc(-c2csc(-n3nc(C)cc3NC(=O)c3ccccc3F)n2)c1. The number of rotatable bonds is 5. The van der Waals surface area contributed by atoms with Gasteiger partial charge in [0.2, 0.25) is 5.13 Å². The van der Waals surface area contributed by atoms with Gasteiger partial charge in [0.15, 0.2) is 0 Å². The van der Waals surface area contributed by atoms with Crippen LogP contribution in [0, 0.1) is 12.7 Å². The summed E-state index contributed by atoms with van der Waals surface area (Å²) in [5, 5.41) is 9.63. The molecule has 1 amide bonds. The van der Waals surface area contributed by atoms with Gasteiger partial charge in [0.05, 0.1) is 24.1 Å². The third-order valence-corrected chi connectivity index (χ3v) is 5.05.